The van der Waals surface area contributed by atoms with Crippen LogP contribution in [-0.2, 0) is 4.74 Å². The molecule has 2 aromatic carbocycles. The summed E-state index contributed by atoms with van der Waals surface area (Å²) in [5.41, 5.74) is 1.11. The van der Waals surface area contributed by atoms with Gasteiger partial charge in [0.15, 0.2) is 0 Å². The molecule has 3 rings (SSSR count). The maximum atomic E-state index is 14.1. The van der Waals surface area contributed by atoms with Crippen LogP contribution in [-0.4, -0.2) is 37.7 Å². The number of rotatable bonds is 4. The number of amides is 1. The molecule has 6 heteroatoms. The van der Waals surface area contributed by atoms with E-state index in [9.17, 15) is 13.6 Å². The van der Waals surface area contributed by atoms with Gasteiger partial charge >= 0.3 is 6.09 Å². The number of carbonyl (C=O) groups excluding carboxylic acids is 1. The molecule has 0 radical (unpaired) electrons. The molecule has 0 aliphatic carbocycles. The monoisotopic (exact) mass is 346 g/mol. The normalized spacial score (nSPS) is 17.5. The first-order chi connectivity index (χ1) is 12.0. The quantitative estimate of drug-likeness (QED) is 0.905. The van der Waals surface area contributed by atoms with E-state index in [1.165, 1.54) is 12.1 Å². The summed E-state index contributed by atoms with van der Waals surface area (Å²) >= 11 is 0. The van der Waals surface area contributed by atoms with Gasteiger partial charge in [-0.25, -0.2) is 13.6 Å². The number of anilines is 1. The maximum Gasteiger partial charge on any atom is 0.411 e. The van der Waals surface area contributed by atoms with Crippen molar-refractivity contribution in [3.63, 3.8) is 0 Å². The average Bonchev–Trinajstić information content (AvgIpc) is 2.99. The van der Waals surface area contributed by atoms with Gasteiger partial charge in [-0.3, -0.25) is 5.32 Å². The summed E-state index contributed by atoms with van der Waals surface area (Å²) in [7, 11) is 2.04. The zero-order chi connectivity index (χ0) is 17.8. The van der Waals surface area contributed by atoms with Crippen molar-refractivity contribution in [2.24, 2.45) is 5.92 Å². The molecule has 2 aromatic rings. The molecule has 1 aliphatic heterocycles. The Balaban J connectivity index is 1.69. The molecular formula is C19H20F2N2O2. The van der Waals surface area contributed by atoms with Crippen LogP contribution in [0.3, 0.4) is 0 Å². The van der Waals surface area contributed by atoms with Gasteiger partial charge < -0.3 is 9.64 Å². The standard InChI is InChI=1S/C19H20F2N2O2/c1-23-9-8-13(11-23)12-25-19(24)22-18-5-3-2-4-16(18)15-7-6-14(20)10-17(15)21/h2-7,10,13H,8-9,11-12H2,1H3,(H,22,24)/t13-/m1/s1. The van der Waals surface area contributed by atoms with Crippen LogP contribution in [0.2, 0.25) is 0 Å². The molecule has 1 aliphatic rings. The maximum absolute atomic E-state index is 14.1. The highest BCUT2D eigenvalue weighted by Crippen LogP contribution is 2.30. The zero-order valence-electron chi connectivity index (χ0n) is 14.0. The van der Waals surface area contributed by atoms with Crippen molar-refractivity contribution >= 4 is 11.8 Å². The van der Waals surface area contributed by atoms with Gasteiger partial charge in [0.2, 0.25) is 0 Å². The van der Waals surface area contributed by atoms with Crippen molar-refractivity contribution in [3.05, 3.63) is 54.1 Å². The lowest BCUT2D eigenvalue weighted by atomic mass is 10.0. The summed E-state index contributed by atoms with van der Waals surface area (Å²) in [6, 6.07) is 10.1. The molecule has 25 heavy (non-hydrogen) atoms. The minimum absolute atomic E-state index is 0.217. The van der Waals surface area contributed by atoms with Crippen molar-refractivity contribution in [2.45, 2.75) is 6.42 Å². The minimum atomic E-state index is -0.684. The second kappa shape index (κ2) is 7.61. The van der Waals surface area contributed by atoms with Crippen molar-refractivity contribution in [1.82, 2.24) is 4.90 Å². The van der Waals surface area contributed by atoms with E-state index in [1.807, 2.05) is 7.05 Å². The Bertz CT molecular complexity index is 767. The van der Waals surface area contributed by atoms with Crippen molar-refractivity contribution < 1.29 is 18.3 Å². The lowest BCUT2D eigenvalue weighted by Gasteiger charge is -2.14. The number of carbonyl (C=O) groups is 1. The first-order valence-corrected chi connectivity index (χ1v) is 8.19. The summed E-state index contributed by atoms with van der Waals surface area (Å²) in [5, 5.41) is 2.65. The van der Waals surface area contributed by atoms with Gasteiger partial charge in [-0.15, -0.1) is 0 Å². The zero-order valence-corrected chi connectivity index (χ0v) is 14.0. The van der Waals surface area contributed by atoms with Gasteiger partial charge in [0.05, 0.1) is 12.3 Å². The number of nitrogens with one attached hydrogen (secondary N) is 1. The summed E-state index contributed by atoms with van der Waals surface area (Å²) in [6.07, 6.45) is 0.422. The van der Waals surface area contributed by atoms with Gasteiger partial charge in [-0.2, -0.15) is 0 Å². The highest BCUT2D eigenvalue weighted by atomic mass is 19.1. The Hall–Kier alpha value is -2.47. The topological polar surface area (TPSA) is 41.6 Å². The highest BCUT2D eigenvalue weighted by molar-refractivity contribution is 5.91. The third kappa shape index (κ3) is 4.33. The minimum Gasteiger partial charge on any atom is -0.449 e. The van der Waals surface area contributed by atoms with E-state index in [-0.39, 0.29) is 5.56 Å². The second-order valence-corrected chi connectivity index (χ2v) is 6.31. The summed E-state index contributed by atoms with van der Waals surface area (Å²) < 4.78 is 32.5. The molecule has 1 fully saturated rings. The fourth-order valence-electron chi connectivity index (χ4n) is 3.04. The highest BCUT2D eigenvalue weighted by Gasteiger charge is 2.21. The van der Waals surface area contributed by atoms with Gasteiger partial charge in [0.25, 0.3) is 0 Å². The van der Waals surface area contributed by atoms with Crippen LogP contribution in [0.1, 0.15) is 6.42 Å². The lowest BCUT2D eigenvalue weighted by molar-refractivity contribution is 0.142. The molecule has 1 heterocycles. The van der Waals surface area contributed by atoms with Crippen molar-refractivity contribution in [3.8, 4) is 11.1 Å². The number of hydrogen-bond donors (Lipinski definition) is 1. The van der Waals surface area contributed by atoms with Gasteiger partial charge in [0.1, 0.15) is 11.6 Å². The van der Waals surface area contributed by atoms with Gasteiger partial charge in [0, 0.05) is 29.7 Å². The van der Waals surface area contributed by atoms with Crippen LogP contribution in [0.4, 0.5) is 19.3 Å². The molecule has 0 spiro atoms. The Kier molecular flexibility index (Phi) is 5.28. The fraction of sp³-hybridized carbons (Fsp3) is 0.316. The molecule has 1 amide bonds. The summed E-state index contributed by atoms with van der Waals surface area (Å²) in [5.74, 6) is -0.996. The first-order valence-electron chi connectivity index (χ1n) is 8.19. The number of para-hydroxylation sites is 1. The molecule has 0 aromatic heterocycles. The lowest BCUT2D eigenvalue weighted by Crippen LogP contribution is -2.21. The molecular weight excluding hydrogens is 326 g/mol. The predicted molar refractivity (Wildman–Crippen MR) is 92.4 cm³/mol. The summed E-state index contributed by atoms with van der Waals surface area (Å²) in [4.78, 5) is 14.3. The van der Waals surface area contributed by atoms with E-state index < -0.39 is 17.7 Å². The number of halogens is 2. The van der Waals surface area contributed by atoms with Crippen molar-refractivity contribution in [2.75, 3.05) is 32.1 Å². The SMILES string of the molecule is CN1CC[C@@H](COC(=O)Nc2ccccc2-c2ccc(F)cc2F)C1. The number of hydrogen-bond acceptors (Lipinski definition) is 3. The first kappa shape index (κ1) is 17.4. The Labute approximate surface area is 145 Å². The Morgan fingerprint density at radius 2 is 2.04 bits per heavy atom. The van der Waals surface area contributed by atoms with Crippen LogP contribution in [0.25, 0.3) is 11.1 Å². The van der Waals surface area contributed by atoms with Crippen LogP contribution >= 0.6 is 0 Å². The molecule has 1 atom stereocenters. The largest absolute Gasteiger partial charge is 0.449 e. The van der Waals surface area contributed by atoms with E-state index in [1.54, 1.807) is 24.3 Å². The second-order valence-electron chi connectivity index (χ2n) is 6.31. The Morgan fingerprint density at radius 3 is 2.76 bits per heavy atom. The predicted octanol–water partition coefficient (Wildman–Crippen LogP) is 4.13. The molecule has 4 nitrogen and oxygen atoms in total. The van der Waals surface area contributed by atoms with Crippen LogP contribution in [0.15, 0.2) is 42.5 Å². The third-order valence-electron chi connectivity index (χ3n) is 4.32. The van der Waals surface area contributed by atoms with E-state index in [0.29, 0.717) is 23.8 Å². The Morgan fingerprint density at radius 1 is 1.24 bits per heavy atom. The molecule has 1 saturated heterocycles. The third-order valence-corrected chi connectivity index (χ3v) is 4.32. The van der Waals surface area contributed by atoms with Crippen LogP contribution in [0, 0.1) is 17.6 Å². The number of ether oxygens (including phenoxy) is 1. The molecule has 0 unspecified atom stereocenters. The molecule has 1 N–H and O–H groups in total. The van der Waals surface area contributed by atoms with Gasteiger partial charge in [-0.1, -0.05) is 18.2 Å². The van der Waals surface area contributed by atoms with Gasteiger partial charge in [-0.05, 0) is 38.2 Å². The fourth-order valence-corrected chi connectivity index (χ4v) is 3.04. The number of likely N-dealkylation sites (tertiary alicyclic amines) is 1. The van der Waals surface area contributed by atoms with E-state index in [0.717, 1.165) is 25.6 Å². The van der Waals surface area contributed by atoms with E-state index >= 15 is 0 Å². The van der Waals surface area contributed by atoms with Crippen molar-refractivity contribution in [1.29, 1.82) is 0 Å². The molecule has 0 saturated carbocycles. The number of nitrogens with zero attached hydrogens (tertiary/aromatic N) is 1. The molecule has 0 bridgehead atoms. The molecule has 132 valence electrons. The van der Waals surface area contributed by atoms with Crippen LogP contribution in [0.5, 0.6) is 0 Å². The van der Waals surface area contributed by atoms with Crippen LogP contribution < -0.4 is 5.32 Å². The van der Waals surface area contributed by atoms with E-state index in [4.69, 9.17) is 4.74 Å². The van der Waals surface area contributed by atoms with E-state index in [2.05, 4.69) is 10.2 Å². The average molecular weight is 346 g/mol. The smallest absolute Gasteiger partial charge is 0.411 e. The summed E-state index contributed by atoms with van der Waals surface area (Å²) in [6.45, 7) is 2.26. The number of benzene rings is 2.